The van der Waals surface area contributed by atoms with Crippen molar-refractivity contribution in [2.24, 2.45) is 5.73 Å². The van der Waals surface area contributed by atoms with E-state index in [2.05, 4.69) is 15.3 Å². The zero-order chi connectivity index (χ0) is 22.7. The molecule has 2 aromatic heterocycles. The Balaban J connectivity index is 1.42. The van der Waals surface area contributed by atoms with Gasteiger partial charge in [-0.25, -0.2) is 13.4 Å². The molecule has 32 heavy (non-hydrogen) atoms. The summed E-state index contributed by atoms with van der Waals surface area (Å²) in [5, 5.41) is 2.43. The Morgan fingerprint density at radius 1 is 1.22 bits per heavy atom. The van der Waals surface area contributed by atoms with E-state index >= 15 is 0 Å². The zero-order valence-corrected chi connectivity index (χ0v) is 18.6. The maximum absolute atomic E-state index is 12.7. The van der Waals surface area contributed by atoms with Crippen LogP contribution in [0.5, 0.6) is 0 Å². The fourth-order valence-corrected chi connectivity index (χ4v) is 5.76. The maximum Gasteiger partial charge on any atom is 0.251 e. The number of pyridine rings is 1. The van der Waals surface area contributed by atoms with Crippen LogP contribution >= 0.6 is 0 Å². The van der Waals surface area contributed by atoms with Gasteiger partial charge in [-0.3, -0.25) is 9.78 Å². The third-order valence-electron chi connectivity index (χ3n) is 5.73. The fraction of sp³-hybridized carbons (Fsp3) is 0.348. The van der Waals surface area contributed by atoms with Crippen LogP contribution in [-0.2, 0) is 22.1 Å². The number of nitrogens with zero attached hydrogens (tertiary/aromatic N) is 2. The third-order valence-corrected chi connectivity index (χ3v) is 7.85. The molecule has 1 amide bonds. The predicted molar refractivity (Wildman–Crippen MR) is 120 cm³/mol. The molecule has 0 saturated heterocycles. The van der Waals surface area contributed by atoms with E-state index in [0.29, 0.717) is 47.9 Å². The molecular weight excluding hydrogens is 428 g/mol. The number of carbonyl (C=O) groups excluding carboxylic acids is 1. The number of rotatable bonds is 7. The summed E-state index contributed by atoms with van der Waals surface area (Å²) in [6, 6.07) is 10.5. The third kappa shape index (κ3) is 5.05. The number of oxazole rings is 1. The number of carbonyl (C=O) groups is 1. The molecule has 1 fully saturated rings. The number of amides is 1. The number of benzene rings is 1. The van der Waals surface area contributed by atoms with E-state index in [1.54, 1.807) is 43.6 Å². The second-order valence-electron chi connectivity index (χ2n) is 8.15. The Morgan fingerprint density at radius 2 is 2.00 bits per heavy atom. The minimum atomic E-state index is -3.34. The number of hydrogen-bond donors (Lipinski definition) is 2. The van der Waals surface area contributed by atoms with Gasteiger partial charge in [0.2, 0.25) is 5.89 Å². The number of sulfone groups is 1. The van der Waals surface area contributed by atoms with Crippen molar-refractivity contribution >= 4 is 15.7 Å². The van der Waals surface area contributed by atoms with Crippen LogP contribution in [0.25, 0.3) is 11.5 Å². The van der Waals surface area contributed by atoms with Crippen LogP contribution < -0.4 is 11.1 Å². The summed E-state index contributed by atoms with van der Waals surface area (Å²) < 4.78 is 31.2. The molecule has 0 unspecified atom stereocenters. The fourth-order valence-electron chi connectivity index (χ4n) is 3.84. The molecule has 1 aliphatic carbocycles. The lowest BCUT2D eigenvalue weighted by Gasteiger charge is -2.10. The highest BCUT2D eigenvalue weighted by molar-refractivity contribution is 7.91. The van der Waals surface area contributed by atoms with Gasteiger partial charge < -0.3 is 15.5 Å². The lowest BCUT2D eigenvalue weighted by molar-refractivity contribution is 0.0951. The number of nitrogens with two attached hydrogens (primary N) is 1. The van der Waals surface area contributed by atoms with Gasteiger partial charge in [-0.15, -0.1) is 0 Å². The average Bonchev–Trinajstić information content (AvgIpc) is 3.39. The van der Waals surface area contributed by atoms with Gasteiger partial charge in [-0.1, -0.05) is 6.07 Å². The molecule has 2 atom stereocenters. The van der Waals surface area contributed by atoms with Gasteiger partial charge in [-0.05, 0) is 62.1 Å². The summed E-state index contributed by atoms with van der Waals surface area (Å²) in [4.78, 5) is 20.8. The van der Waals surface area contributed by atoms with Gasteiger partial charge in [0.25, 0.3) is 5.91 Å². The Hall–Kier alpha value is -3.04. The van der Waals surface area contributed by atoms with Crippen molar-refractivity contribution in [2.75, 3.05) is 0 Å². The zero-order valence-electron chi connectivity index (χ0n) is 17.8. The molecule has 3 aromatic rings. The van der Waals surface area contributed by atoms with Crippen LogP contribution in [0.4, 0.5) is 0 Å². The lowest BCUT2D eigenvalue weighted by atomic mass is 10.1. The first kappa shape index (κ1) is 22.2. The second-order valence-corrected chi connectivity index (χ2v) is 10.4. The minimum Gasteiger partial charge on any atom is -0.441 e. The molecule has 8 nitrogen and oxygen atoms in total. The molecule has 0 bridgehead atoms. The van der Waals surface area contributed by atoms with E-state index in [1.807, 2.05) is 12.1 Å². The molecule has 168 valence electrons. The van der Waals surface area contributed by atoms with Crippen LogP contribution in [0.15, 0.2) is 53.2 Å². The molecule has 0 radical (unpaired) electrons. The Morgan fingerprint density at radius 3 is 2.66 bits per heavy atom. The molecule has 0 aliphatic heterocycles. The van der Waals surface area contributed by atoms with Crippen molar-refractivity contribution in [1.29, 1.82) is 0 Å². The number of hydrogen-bond acceptors (Lipinski definition) is 7. The van der Waals surface area contributed by atoms with E-state index in [9.17, 15) is 13.2 Å². The highest BCUT2D eigenvalue weighted by Gasteiger charge is 2.34. The molecule has 1 saturated carbocycles. The van der Waals surface area contributed by atoms with Crippen LogP contribution in [0, 0.1) is 6.92 Å². The van der Waals surface area contributed by atoms with E-state index in [0.717, 1.165) is 12.0 Å². The van der Waals surface area contributed by atoms with Crippen LogP contribution in [0.3, 0.4) is 0 Å². The number of aryl methyl sites for hydroxylation is 1. The molecule has 1 aliphatic rings. The standard InChI is InChI=1S/C23H26N4O4S/c1-15-21(14-32(29,30)20-9-8-19(24)11-20)27-23(31-15)18-6-4-17(5-7-18)22(28)26-13-16-3-2-10-25-12-16/h2-7,10,12,19-20H,8-9,11,13-14,24H2,1H3,(H,26,28)/t19-,20-/m0/s1. The first-order chi connectivity index (χ1) is 15.3. The van der Waals surface area contributed by atoms with Crippen LogP contribution in [0.1, 0.15) is 46.6 Å². The Labute approximate surface area is 187 Å². The predicted octanol–water partition coefficient (Wildman–Crippen LogP) is 2.77. The molecule has 3 N–H and O–H groups in total. The van der Waals surface area contributed by atoms with Crippen molar-refractivity contribution in [1.82, 2.24) is 15.3 Å². The molecule has 9 heteroatoms. The average molecular weight is 455 g/mol. The van der Waals surface area contributed by atoms with Gasteiger partial charge in [-0.2, -0.15) is 0 Å². The number of aromatic nitrogens is 2. The largest absolute Gasteiger partial charge is 0.441 e. The summed E-state index contributed by atoms with van der Waals surface area (Å²) in [7, 11) is -3.34. The monoisotopic (exact) mass is 454 g/mol. The van der Waals surface area contributed by atoms with E-state index in [1.165, 1.54) is 0 Å². The van der Waals surface area contributed by atoms with Crippen molar-refractivity contribution in [3.05, 3.63) is 71.4 Å². The van der Waals surface area contributed by atoms with Crippen molar-refractivity contribution in [3.63, 3.8) is 0 Å². The van der Waals surface area contributed by atoms with Crippen LogP contribution in [-0.4, -0.2) is 35.6 Å². The molecular formula is C23H26N4O4S. The quantitative estimate of drug-likeness (QED) is 0.562. The summed E-state index contributed by atoms with van der Waals surface area (Å²) in [6.45, 7) is 2.10. The summed E-state index contributed by atoms with van der Waals surface area (Å²) >= 11 is 0. The normalized spacial score (nSPS) is 18.6. The molecule has 0 spiro atoms. The molecule has 2 heterocycles. The van der Waals surface area contributed by atoms with Gasteiger partial charge in [0.05, 0.1) is 16.7 Å². The van der Waals surface area contributed by atoms with Crippen molar-refractivity contribution < 1.29 is 17.6 Å². The van der Waals surface area contributed by atoms with E-state index < -0.39 is 15.1 Å². The van der Waals surface area contributed by atoms with E-state index in [-0.39, 0.29) is 17.7 Å². The SMILES string of the molecule is Cc1oc(-c2ccc(C(=O)NCc3cccnc3)cc2)nc1CS(=O)(=O)[C@H]1CC[C@H](N)C1. The highest BCUT2D eigenvalue weighted by atomic mass is 32.2. The smallest absolute Gasteiger partial charge is 0.251 e. The van der Waals surface area contributed by atoms with E-state index in [4.69, 9.17) is 10.2 Å². The summed E-state index contributed by atoms with van der Waals surface area (Å²) in [6.07, 6.45) is 5.20. The van der Waals surface area contributed by atoms with Crippen molar-refractivity contribution in [3.8, 4) is 11.5 Å². The minimum absolute atomic E-state index is 0.0520. The van der Waals surface area contributed by atoms with Crippen molar-refractivity contribution in [2.45, 2.75) is 49.8 Å². The Kier molecular flexibility index (Phi) is 6.38. The molecule has 4 rings (SSSR count). The lowest BCUT2D eigenvalue weighted by Crippen LogP contribution is -2.23. The maximum atomic E-state index is 12.7. The van der Waals surface area contributed by atoms with Gasteiger partial charge in [0.1, 0.15) is 5.76 Å². The summed E-state index contributed by atoms with van der Waals surface area (Å²) in [5.41, 5.74) is 8.38. The first-order valence-electron chi connectivity index (χ1n) is 10.5. The topological polar surface area (TPSA) is 128 Å². The van der Waals surface area contributed by atoms with Gasteiger partial charge >= 0.3 is 0 Å². The second kappa shape index (κ2) is 9.22. The Bertz CT molecular complexity index is 1190. The van der Waals surface area contributed by atoms with Gasteiger partial charge in [0.15, 0.2) is 9.84 Å². The number of nitrogens with one attached hydrogen (secondary N) is 1. The molecule has 1 aromatic carbocycles. The first-order valence-corrected chi connectivity index (χ1v) is 12.2. The van der Waals surface area contributed by atoms with Gasteiger partial charge in [0, 0.05) is 36.1 Å². The highest BCUT2D eigenvalue weighted by Crippen LogP contribution is 2.29. The summed E-state index contributed by atoms with van der Waals surface area (Å²) in [5.74, 6) is 0.446. The van der Waals surface area contributed by atoms with Crippen LogP contribution in [0.2, 0.25) is 0 Å².